The summed E-state index contributed by atoms with van der Waals surface area (Å²) in [5.74, 6) is -2.82. The Morgan fingerprint density at radius 2 is 1.75 bits per heavy atom. The Hall–Kier alpha value is -3.51. The van der Waals surface area contributed by atoms with Crippen molar-refractivity contribution in [2.45, 2.75) is 25.8 Å². The van der Waals surface area contributed by atoms with E-state index in [2.05, 4.69) is 0 Å². The molecular weight excluding hydrogens is 535 g/mol. The quantitative estimate of drug-likeness (QED) is 0.419. The molecule has 2 aromatic carbocycles. The Balaban J connectivity index is 1.97. The maximum atomic E-state index is 14.6. The van der Waals surface area contributed by atoms with Crippen LogP contribution >= 0.6 is 23.2 Å². The van der Waals surface area contributed by atoms with Crippen LogP contribution in [0.5, 0.6) is 11.5 Å². The number of hydrogen-bond donors (Lipinski definition) is 0. The van der Waals surface area contributed by atoms with Crippen LogP contribution in [0.25, 0.3) is 5.69 Å². The molecular formula is C22H15Cl2F4N2O6-. The zero-order valence-corrected chi connectivity index (χ0v) is 19.9. The van der Waals surface area contributed by atoms with Gasteiger partial charge in [0.05, 0.1) is 21.7 Å². The van der Waals surface area contributed by atoms with E-state index in [4.69, 9.17) is 32.7 Å². The third-order valence-corrected chi connectivity index (χ3v) is 5.49. The SMILES string of the molecule is CC(Oc1cc(COc2cc(-n3c(=O)cc(C(F)(F)F)n(C)c3=O)c(F)cc2Cl)ccc1Cl)C(=O)[O-]. The van der Waals surface area contributed by atoms with E-state index in [0.717, 1.165) is 19.2 Å². The van der Waals surface area contributed by atoms with Gasteiger partial charge in [-0.25, -0.2) is 13.8 Å². The molecule has 0 bridgehead atoms. The lowest BCUT2D eigenvalue weighted by atomic mass is 10.2. The molecule has 8 nitrogen and oxygen atoms in total. The first-order valence-corrected chi connectivity index (χ1v) is 10.6. The number of aliphatic carboxylic acids is 1. The minimum Gasteiger partial charge on any atom is -0.546 e. The van der Waals surface area contributed by atoms with Crippen LogP contribution in [0.2, 0.25) is 10.0 Å². The molecule has 0 fully saturated rings. The number of aromatic nitrogens is 2. The monoisotopic (exact) mass is 549 g/mol. The molecule has 0 aliphatic rings. The number of nitrogens with zero attached hydrogens (tertiary/aromatic N) is 2. The number of halogens is 6. The lowest BCUT2D eigenvalue weighted by Crippen LogP contribution is -2.41. The fourth-order valence-electron chi connectivity index (χ4n) is 3.05. The lowest BCUT2D eigenvalue weighted by Gasteiger charge is -2.17. The molecule has 0 N–H and O–H groups in total. The van der Waals surface area contributed by atoms with Crippen molar-refractivity contribution in [1.29, 1.82) is 0 Å². The summed E-state index contributed by atoms with van der Waals surface area (Å²) in [4.78, 5) is 35.7. The Morgan fingerprint density at radius 3 is 2.36 bits per heavy atom. The van der Waals surface area contributed by atoms with Gasteiger partial charge in [0, 0.05) is 19.2 Å². The molecule has 0 amide bonds. The van der Waals surface area contributed by atoms with E-state index >= 15 is 0 Å². The van der Waals surface area contributed by atoms with Gasteiger partial charge < -0.3 is 19.4 Å². The van der Waals surface area contributed by atoms with E-state index in [0.29, 0.717) is 5.56 Å². The Bertz CT molecular complexity index is 1450. The van der Waals surface area contributed by atoms with Crippen LogP contribution in [0.1, 0.15) is 18.2 Å². The molecule has 0 aliphatic carbocycles. The van der Waals surface area contributed by atoms with E-state index < -0.39 is 46.7 Å². The second kappa shape index (κ2) is 10.2. The minimum absolute atomic E-state index is 0.0140. The fraction of sp³-hybridized carbons (Fsp3) is 0.227. The van der Waals surface area contributed by atoms with Gasteiger partial charge in [-0.3, -0.25) is 9.36 Å². The fourth-order valence-corrected chi connectivity index (χ4v) is 3.41. The summed E-state index contributed by atoms with van der Waals surface area (Å²) >= 11 is 12.0. The average molecular weight is 550 g/mol. The zero-order valence-electron chi connectivity index (χ0n) is 18.4. The van der Waals surface area contributed by atoms with Crippen molar-refractivity contribution in [1.82, 2.24) is 9.13 Å². The van der Waals surface area contributed by atoms with Gasteiger partial charge in [-0.15, -0.1) is 0 Å². The maximum absolute atomic E-state index is 14.6. The van der Waals surface area contributed by atoms with Crippen molar-refractivity contribution < 1.29 is 36.9 Å². The molecule has 14 heteroatoms. The summed E-state index contributed by atoms with van der Waals surface area (Å²) < 4.78 is 65.0. The van der Waals surface area contributed by atoms with Crippen LogP contribution in [0.15, 0.2) is 46.0 Å². The number of carbonyl (C=O) groups is 1. The topological polar surface area (TPSA) is 103 Å². The summed E-state index contributed by atoms with van der Waals surface area (Å²) in [6, 6.07) is 6.07. The van der Waals surface area contributed by atoms with Crippen molar-refractivity contribution in [3.63, 3.8) is 0 Å². The van der Waals surface area contributed by atoms with E-state index in [-0.39, 0.29) is 43.4 Å². The summed E-state index contributed by atoms with van der Waals surface area (Å²) in [5, 5.41) is 10.8. The molecule has 36 heavy (non-hydrogen) atoms. The Kier molecular flexibility index (Phi) is 7.70. The third kappa shape index (κ3) is 5.65. The summed E-state index contributed by atoms with van der Waals surface area (Å²) in [6.07, 6.45) is -6.30. The van der Waals surface area contributed by atoms with E-state index in [1.54, 1.807) is 0 Å². The summed E-state index contributed by atoms with van der Waals surface area (Å²) in [7, 11) is 0.786. The average Bonchev–Trinajstić information content (AvgIpc) is 2.78. The van der Waals surface area contributed by atoms with Gasteiger partial charge in [-0.1, -0.05) is 29.3 Å². The van der Waals surface area contributed by atoms with E-state index in [9.17, 15) is 37.1 Å². The highest BCUT2D eigenvalue weighted by molar-refractivity contribution is 6.32. The molecule has 1 unspecified atom stereocenters. The number of rotatable bonds is 7. The smallest absolute Gasteiger partial charge is 0.431 e. The molecule has 0 radical (unpaired) electrons. The summed E-state index contributed by atoms with van der Waals surface area (Å²) in [6.45, 7) is 1.00. The van der Waals surface area contributed by atoms with Gasteiger partial charge in [0.15, 0.2) is 0 Å². The first-order valence-electron chi connectivity index (χ1n) is 9.89. The van der Waals surface area contributed by atoms with Crippen molar-refractivity contribution in [3.05, 3.63) is 84.4 Å². The number of alkyl halides is 3. The number of carboxylic acids is 1. The van der Waals surface area contributed by atoms with Crippen LogP contribution < -0.4 is 25.8 Å². The molecule has 1 aromatic heterocycles. The van der Waals surface area contributed by atoms with Crippen LogP contribution in [0.4, 0.5) is 17.6 Å². The number of carboxylic acid groups (broad SMARTS) is 1. The van der Waals surface area contributed by atoms with Gasteiger partial charge >= 0.3 is 11.9 Å². The molecule has 3 rings (SSSR count). The van der Waals surface area contributed by atoms with Crippen LogP contribution in [-0.2, 0) is 24.6 Å². The number of carbonyl (C=O) groups excluding carboxylic acids is 1. The Labute approximate surface area is 209 Å². The zero-order chi connectivity index (χ0) is 26.9. The van der Waals surface area contributed by atoms with Gasteiger partial charge in [0.2, 0.25) is 0 Å². The van der Waals surface area contributed by atoms with Crippen molar-refractivity contribution in [3.8, 4) is 17.2 Å². The molecule has 1 atom stereocenters. The van der Waals surface area contributed by atoms with Crippen LogP contribution in [0, 0.1) is 5.82 Å². The van der Waals surface area contributed by atoms with Gasteiger partial charge in [0.1, 0.15) is 35.7 Å². The highest BCUT2D eigenvalue weighted by atomic mass is 35.5. The minimum atomic E-state index is -4.99. The normalized spacial score (nSPS) is 12.3. The number of benzene rings is 2. The number of ether oxygens (including phenoxy) is 2. The molecule has 0 saturated carbocycles. The Morgan fingerprint density at radius 1 is 1.08 bits per heavy atom. The predicted molar refractivity (Wildman–Crippen MR) is 118 cm³/mol. The highest BCUT2D eigenvalue weighted by Gasteiger charge is 2.35. The molecule has 3 aromatic rings. The summed E-state index contributed by atoms with van der Waals surface area (Å²) in [5.41, 5.74) is -4.64. The van der Waals surface area contributed by atoms with E-state index in [1.807, 2.05) is 0 Å². The first-order chi connectivity index (χ1) is 16.7. The largest absolute Gasteiger partial charge is 0.546 e. The molecule has 0 spiro atoms. The standard InChI is InChI=1S/C22H16Cl2F4N2O6/c1-10(20(32)33)36-17-5-11(3-4-12(17)23)9-35-16-7-15(14(25)6-13(16)24)30-19(31)8-18(22(26,27)28)29(2)21(30)34/h3-8,10H,9H2,1-2H3,(H,32,33)/p-1. The number of hydrogen-bond acceptors (Lipinski definition) is 6. The molecule has 1 heterocycles. The van der Waals surface area contributed by atoms with Crippen molar-refractivity contribution in [2.75, 3.05) is 0 Å². The molecule has 0 aliphatic heterocycles. The first kappa shape index (κ1) is 27.1. The third-order valence-electron chi connectivity index (χ3n) is 4.88. The van der Waals surface area contributed by atoms with Gasteiger partial charge in [0.25, 0.3) is 5.56 Å². The van der Waals surface area contributed by atoms with Crippen LogP contribution in [0.3, 0.4) is 0 Å². The van der Waals surface area contributed by atoms with E-state index in [1.165, 1.54) is 25.1 Å². The predicted octanol–water partition coefficient (Wildman–Crippen LogP) is 3.10. The molecule has 0 saturated heterocycles. The second-order valence-electron chi connectivity index (χ2n) is 7.41. The highest BCUT2D eigenvalue weighted by Crippen LogP contribution is 2.32. The lowest BCUT2D eigenvalue weighted by molar-refractivity contribution is -0.312. The van der Waals surface area contributed by atoms with Gasteiger partial charge in [-0.05, 0) is 30.7 Å². The van der Waals surface area contributed by atoms with Crippen molar-refractivity contribution in [2.24, 2.45) is 7.05 Å². The van der Waals surface area contributed by atoms with Crippen molar-refractivity contribution >= 4 is 29.2 Å². The molecule has 192 valence electrons. The second-order valence-corrected chi connectivity index (χ2v) is 8.22. The van der Waals surface area contributed by atoms with Gasteiger partial charge in [-0.2, -0.15) is 13.2 Å². The van der Waals surface area contributed by atoms with Crippen LogP contribution in [-0.4, -0.2) is 21.2 Å². The maximum Gasteiger partial charge on any atom is 0.431 e.